The third kappa shape index (κ3) is 2.96. The first-order valence-electron chi connectivity index (χ1n) is 7.40. The molecule has 4 rings (SSSR count). The van der Waals surface area contributed by atoms with E-state index in [9.17, 15) is 0 Å². The van der Waals surface area contributed by atoms with Crippen LogP contribution in [0.5, 0.6) is 11.5 Å². The zero-order valence-electron chi connectivity index (χ0n) is 12.4. The lowest BCUT2D eigenvalue weighted by Crippen LogP contribution is -2.15. The minimum atomic E-state index is 0.388. The number of rotatable bonds is 4. The Bertz CT molecular complexity index is 802. The van der Waals surface area contributed by atoms with Gasteiger partial charge in [-0.05, 0) is 23.8 Å². The van der Waals surface area contributed by atoms with Crippen LogP contribution in [0.1, 0.15) is 5.56 Å². The second-order valence-corrected chi connectivity index (χ2v) is 5.11. The molecule has 1 N–H and O–H groups in total. The molecule has 1 aromatic heterocycles. The monoisotopic (exact) mass is 309 g/mol. The topological polar surface area (TPSA) is 69.4 Å². The van der Waals surface area contributed by atoms with Crippen molar-refractivity contribution in [3.05, 3.63) is 54.1 Å². The number of aromatic nitrogens is 2. The van der Waals surface area contributed by atoms with Gasteiger partial charge in [-0.2, -0.15) is 0 Å². The van der Waals surface area contributed by atoms with E-state index in [0.717, 1.165) is 16.9 Å². The van der Waals surface area contributed by atoms with Gasteiger partial charge in [-0.1, -0.05) is 35.4 Å². The van der Waals surface area contributed by atoms with E-state index in [2.05, 4.69) is 15.5 Å². The van der Waals surface area contributed by atoms with Crippen LogP contribution < -0.4 is 14.8 Å². The molecule has 2 aromatic carbocycles. The molecule has 0 atom stereocenters. The average Bonchev–Trinajstić information content (AvgIpc) is 3.09. The van der Waals surface area contributed by atoms with E-state index in [1.807, 2.05) is 48.5 Å². The van der Waals surface area contributed by atoms with Crippen molar-refractivity contribution in [3.63, 3.8) is 0 Å². The second kappa shape index (κ2) is 6.00. The molecule has 0 bridgehead atoms. The van der Waals surface area contributed by atoms with Crippen molar-refractivity contribution in [2.75, 3.05) is 18.5 Å². The van der Waals surface area contributed by atoms with Gasteiger partial charge in [0.1, 0.15) is 13.2 Å². The summed E-state index contributed by atoms with van der Waals surface area (Å²) in [6.45, 7) is 1.74. The summed E-state index contributed by atoms with van der Waals surface area (Å²) in [6.07, 6.45) is 0. The van der Waals surface area contributed by atoms with Crippen LogP contribution in [-0.2, 0) is 6.54 Å². The Balaban J connectivity index is 1.49. The fourth-order valence-corrected chi connectivity index (χ4v) is 2.36. The normalized spacial score (nSPS) is 12.9. The number of nitrogens with zero attached hydrogens (tertiary/aromatic N) is 2. The summed E-state index contributed by atoms with van der Waals surface area (Å²) >= 11 is 0. The molecular formula is C17H15N3O3. The summed E-state index contributed by atoms with van der Waals surface area (Å²) in [7, 11) is 0. The molecule has 1 aliphatic rings. The summed E-state index contributed by atoms with van der Waals surface area (Å²) in [4.78, 5) is 0. The smallest absolute Gasteiger partial charge is 0.316 e. The van der Waals surface area contributed by atoms with Crippen molar-refractivity contribution in [3.8, 4) is 23.0 Å². The Kier molecular flexibility index (Phi) is 3.56. The van der Waals surface area contributed by atoms with Crippen LogP contribution in [-0.4, -0.2) is 23.4 Å². The van der Waals surface area contributed by atoms with E-state index in [-0.39, 0.29) is 0 Å². The zero-order valence-corrected chi connectivity index (χ0v) is 12.4. The molecule has 0 fully saturated rings. The van der Waals surface area contributed by atoms with E-state index in [1.54, 1.807) is 0 Å². The molecule has 0 amide bonds. The summed E-state index contributed by atoms with van der Waals surface area (Å²) in [5, 5.41) is 11.2. The molecule has 116 valence electrons. The van der Waals surface area contributed by atoms with Crippen molar-refractivity contribution in [2.45, 2.75) is 6.54 Å². The molecule has 6 nitrogen and oxygen atoms in total. The highest BCUT2D eigenvalue weighted by atomic mass is 16.6. The Morgan fingerprint density at radius 1 is 0.913 bits per heavy atom. The van der Waals surface area contributed by atoms with Crippen LogP contribution in [0.3, 0.4) is 0 Å². The summed E-state index contributed by atoms with van der Waals surface area (Å²) in [5.41, 5.74) is 1.95. The molecule has 3 aromatic rings. The standard InChI is InChI=1S/C17H15N3O3/c1-2-4-12(5-3-1)11-18-17-20-19-16(23-17)13-6-7-14-15(10-13)22-9-8-21-14/h1-7,10H,8-9,11H2,(H,18,20). The van der Waals surface area contributed by atoms with Crippen LogP contribution in [0.25, 0.3) is 11.5 Å². The van der Waals surface area contributed by atoms with Crippen molar-refractivity contribution in [1.29, 1.82) is 0 Å². The van der Waals surface area contributed by atoms with E-state index in [0.29, 0.717) is 37.4 Å². The fourth-order valence-electron chi connectivity index (χ4n) is 2.36. The first kappa shape index (κ1) is 13.6. The number of benzene rings is 2. The Morgan fingerprint density at radius 2 is 1.74 bits per heavy atom. The highest BCUT2D eigenvalue weighted by Gasteiger charge is 2.15. The molecule has 0 saturated carbocycles. The first-order valence-corrected chi connectivity index (χ1v) is 7.40. The number of anilines is 1. The van der Waals surface area contributed by atoms with Gasteiger partial charge in [-0.25, -0.2) is 0 Å². The Hall–Kier alpha value is -3.02. The van der Waals surface area contributed by atoms with E-state index in [4.69, 9.17) is 13.9 Å². The van der Waals surface area contributed by atoms with Gasteiger partial charge in [0, 0.05) is 12.1 Å². The number of hydrogen-bond acceptors (Lipinski definition) is 6. The molecule has 2 heterocycles. The third-order valence-electron chi connectivity index (χ3n) is 3.50. The maximum absolute atomic E-state index is 5.65. The molecule has 0 saturated heterocycles. The van der Waals surface area contributed by atoms with Gasteiger partial charge >= 0.3 is 6.01 Å². The summed E-state index contributed by atoms with van der Waals surface area (Å²) in [6, 6.07) is 16.0. The predicted octanol–water partition coefficient (Wildman–Crippen LogP) is 3.12. The maximum Gasteiger partial charge on any atom is 0.316 e. The van der Waals surface area contributed by atoms with Crippen LogP contribution in [0.15, 0.2) is 52.9 Å². The molecule has 6 heteroatoms. The molecule has 0 unspecified atom stereocenters. The van der Waals surface area contributed by atoms with Gasteiger partial charge in [0.2, 0.25) is 5.89 Å². The van der Waals surface area contributed by atoms with Gasteiger partial charge in [0.25, 0.3) is 0 Å². The number of ether oxygens (including phenoxy) is 2. The summed E-state index contributed by atoms with van der Waals surface area (Å²) in [5.74, 6) is 1.88. The zero-order chi connectivity index (χ0) is 15.5. The molecule has 0 spiro atoms. The predicted molar refractivity (Wildman–Crippen MR) is 84.5 cm³/mol. The van der Waals surface area contributed by atoms with Gasteiger partial charge in [-0.3, -0.25) is 0 Å². The molecule has 1 aliphatic heterocycles. The molecule has 0 aliphatic carbocycles. The van der Waals surface area contributed by atoms with Gasteiger partial charge in [0.15, 0.2) is 11.5 Å². The molecule has 0 radical (unpaired) electrons. The van der Waals surface area contributed by atoms with E-state index < -0.39 is 0 Å². The van der Waals surface area contributed by atoms with E-state index >= 15 is 0 Å². The van der Waals surface area contributed by atoms with Crippen LogP contribution in [0, 0.1) is 0 Å². The lowest BCUT2D eigenvalue weighted by molar-refractivity contribution is 0.171. The van der Waals surface area contributed by atoms with Crippen molar-refractivity contribution >= 4 is 6.01 Å². The SMILES string of the molecule is c1ccc(CNc2nnc(-c3ccc4c(c3)OCCO4)o2)cc1. The minimum absolute atomic E-state index is 0.388. The lowest BCUT2D eigenvalue weighted by Gasteiger charge is -2.18. The van der Waals surface area contributed by atoms with Crippen molar-refractivity contribution in [2.24, 2.45) is 0 Å². The highest BCUT2D eigenvalue weighted by molar-refractivity contribution is 5.60. The minimum Gasteiger partial charge on any atom is -0.486 e. The second-order valence-electron chi connectivity index (χ2n) is 5.11. The number of hydrogen-bond donors (Lipinski definition) is 1. The van der Waals surface area contributed by atoms with Crippen molar-refractivity contribution < 1.29 is 13.9 Å². The van der Waals surface area contributed by atoms with Crippen LogP contribution in [0.2, 0.25) is 0 Å². The Labute approximate surface area is 133 Å². The summed E-state index contributed by atoms with van der Waals surface area (Å²) < 4.78 is 16.7. The third-order valence-corrected chi connectivity index (χ3v) is 3.50. The van der Waals surface area contributed by atoms with Crippen LogP contribution >= 0.6 is 0 Å². The molecular weight excluding hydrogens is 294 g/mol. The maximum atomic E-state index is 5.65. The number of fused-ring (bicyclic) bond motifs is 1. The highest BCUT2D eigenvalue weighted by Crippen LogP contribution is 2.34. The van der Waals surface area contributed by atoms with Gasteiger partial charge in [0.05, 0.1) is 0 Å². The lowest BCUT2D eigenvalue weighted by atomic mass is 10.2. The van der Waals surface area contributed by atoms with Crippen molar-refractivity contribution in [1.82, 2.24) is 10.2 Å². The first-order chi connectivity index (χ1) is 11.4. The largest absolute Gasteiger partial charge is 0.486 e. The van der Waals surface area contributed by atoms with Gasteiger partial charge < -0.3 is 19.2 Å². The Morgan fingerprint density at radius 3 is 2.61 bits per heavy atom. The van der Waals surface area contributed by atoms with E-state index in [1.165, 1.54) is 0 Å². The molecule has 23 heavy (non-hydrogen) atoms. The fraction of sp³-hybridized carbons (Fsp3) is 0.176. The van der Waals surface area contributed by atoms with Crippen LogP contribution in [0.4, 0.5) is 6.01 Å². The quantitative estimate of drug-likeness (QED) is 0.798. The number of nitrogens with one attached hydrogen (secondary N) is 1. The average molecular weight is 309 g/mol. The van der Waals surface area contributed by atoms with Gasteiger partial charge in [-0.15, -0.1) is 5.10 Å².